The number of para-hydroxylation sites is 1. The lowest BCUT2D eigenvalue weighted by molar-refractivity contribution is -0.128. The highest BCUT2D eigenvalue weighted by molar-refractivity contribution is 5.90. The number of amides is 2. The van der Waals surface area contributed by atoms with E-state index in [9.17, 15) is 14.4 Å². The van der Waals surface area contributed by atoms with Crippen LogP contribution in [0.15, 0.2) is 23.0 Å². The normalized spacial score (nSPS) is 11.5. The van der Waals surface area contributed by atoms with Gasteiger partial charge in [0.1, 0.15) is 6.04 Å². The van der Waals surface area contributed by atoms with E-state index in [2.05, 4.69) is 5.32 Å². The second kappa shape index (κ2) is 9.05. The highest BCUT2D eigenvalue weighted by Crippen LogP contribution is 2.23. The van der Waals surface area contributed by atoms with Crippen LogP contribution in [0.25, 0.3) is 11.0 Å². The van der Waals surface area contributed by atoms with Gasteiger partial charge in [-0.25, -0.2) is 4.79 Å². The Labute approximate surface area is 142 Å². The van der Waals surface area contributed by atoms with Crippen LogP contribution in [-0.4, -0.2) is 21.5 Å². The predicted molar refractivity (Wildman–Crippen MR) is 96.1 cm³/mol. The largest absolute Gasteiger partial charge is 0.329 e. The first-order valence-corrected chi connectivity index (χ1v) is 8.49. The van der Waals surface area contributed by atoms with Crippen LogP contribution >= 0.6 is 0 Å². The van der Waals surface area contributed by atoms with Gasteiger partial charge in [-0.2, -0.15) is 0 Å². The van der Waals surface area contributed by atoms with Crippen molar-refractivity contribution in [2.75, 3.05) is 0 Å². The second-order valence-electron chi connectivity index (χ2n) is 5.28. The van der Waals surface area contributed by atoms with E-state index in [1.807, 2.05) is 45.9 Å². The number of benzene rings is 1. The summed E-state index contributed by atoms with van der Waals surface area (Å²) in [7, 11) is 1.71. The van der Waals surface area contributed by atoms with Crippen LogP contribution in [-0.2, 0) is 23.1 Å². The zero-order valence-corrected chi connectivity index (χ0v) is 15.1. The molecule has 6 heteroatoms. The molecule has 0 aliphatic carbocycles. The van der Waals surface area contributed by atoms with Crippen molar-refractivity contribution in [2.45, 2.75) is 53.0 Å². The smallest absolute Gasteiger partial charge is 0.297 e. The van der Waals surface area contributed by atoms with Crippen LogP contribution in [0.4, 0.5) is 0 Å². The van der Waals surface area contributed by atoms with E-state index in [4.69, 9.17) is 0 Å². The maximum absolute atomic E-state index is 12.6. The molecule has 0 bridgehead atoms. The lowest BCUT2D eigenvalue weighted by Crippen LogP contribution is -2.36. The van der Waals surface area contributed by atoms with E-state index in [1.54, 1.807) is 11.6 Å². The zero-order chi connectivity index (χ0) is 18.3. The number of hydrogen-bond acceptors (Lipinski definition) is 3. The summed E-state index contributed by atoms with van der Waals surface area (Å²) in [6, 6.07) is 5.02. The zero-order valence-electron chi connectivity index (χ0n) is 15.1. The first-order chi connectivity index (χ1) is 11.6. The molecule has 0 fully saturated rings. The minimum absolute atomic E-state index is 0.240. The molecule has 0 aliphatic rings. The van der Waals surface area contributed by atoms with E-state index >= 15 is 0 Å². The second-order valence-corrected chi connectivity index (χ2v) is 5.28. The van der Waals surface area contributed by atoms with E-state index in [-0.39, 0.29) is 5.69 Å². The first kappa shape index (κ1) is 19.7. The third-order valence-corrected chi connectivity index (χ3v) is 3.94. The summed E-state index contributed by atoms with van der Waals surface area (Å²) in [5.41, 5.74) is 2.39. The Morgan fingerprint density at radius 3 is 2.50 bits per heavy atom. The molecule has 0 aliphatic heterocycles. The van der Waals surface area contributed by atoms with Gasteiger partial charge in [0.2, 0.25) is 12.3 Å². The molecular weight excluding hydrogens is 306 g/mol. The molecule has 0 saturated heterocycles. The van der Waals surface area contributed by atoms with Crippen molar-refractivity contribution in [3.05, 3.63) is 34.2 Å². The van der Waals surface area contributed by atoms with Gasteiger partial charge in [-0.1, -0.05) is 46.2 Å². The van der Waals surface area contributed by atoms with E-state index in [0.29, 0.717) is 12.8 Å². The summed E-state index contributed by atoms with van der Waals surface area (Å²) in [6.45, 7) is 7.97. The van der Waals surface area contributed by atoms with Gasteiger partial charge in [0.25, 0.3) is 0 Å². The van der Waals surface area contributed by atoms with Gasteiger partial charge < -0.3 is 0 Å². The number of nitrogens with one attached hydrogen (secondary N) is 1. The van der Waals surface area contributed by atoms with Gasteiger partial charge in [0.05, 0.1) is 11.0 Å². The molecule has 1 aromatic carbocycles. The molecule has 0 spiro atoms. The molecule has 1 unspecified atom stereocenters. The van der Waals surface area contributed by atoms with Crippen LogP contribution in [0.3, 0.4) is 0 Å². The van der Waals surface area contributed by atoms with Crippen molar-refractivity contribution < 1.29 is 9.59 Å². The molecule has 1 atom stereocenters. The summed E-state index contributed by atoms with van der Waals surface area (Å²) in [4.78, 5) is 35.4. The van der Waals surface area contributed by atoms with Crippen LogP contribution in [0, 0.1) is 0 Å². The number of aromatic nitrogens is 2. The van der Waals surface area contributed by atoms with E-state index in [1.165, 1.54) is 4.57 Å². The van der Waals surface area contributed by atoms with Crippen molar-refractivity contribution >= 4 is 23.4 Å². The molecular formula is C18H27N3O3. The molecule has 132 valence electrons. The van der Waals surface area contributed by atoms with Crippen LogP contribution in [0.2, 0.25) is 0 Å². The highest BCUT2D eigenvalue weighted by atomic mass is 16.2. The lowest BCUT2D eigenvalue weighted by Gasteiger charge is -2.16. The van der Waals surface area contributed by atoms with Gasteiger partial charge in [-0.3, -0.25) is 24.0 Å². The van der Waals surface area contributed by atoms with Crippen LogP contribution < -0.4 is 11.0 Å². The number of aryl methyl sites for hydroxylation is 2. The minimum atomic E-state index is -0.682. The molecule has 2 amide bonds. The quantitative estimate of drug-likeness (QED) is 0.826. The predicted octanol–water partition coefficient (Wildman–Crippen LogP) is 2.54. The fourth-order valence-corrected chi connectivity index (χ4v) is 2.91. The number of nitrogens with zero attached hydrogens (tertiary/aromatic N) is 2. The van der Waals surface area contributed by atoms with Crippen molar-refractivity contribution in [3.8, 4) is 0 Å². The average Bonchev–Trinajstić information content (AvgIpc) is 2.86. The first-order valence-electron chi connectivity index (χ1n) is 8.49. The van der Waals surface area contributed by atoms with Crippen LogP contribution in [0.5, 0.6) is 0 Å². The Balaban J connectivity index is 0.00000139. The summed E-state index contributed by atoms with van der Waals surface area (Å²) < 4.78 is 3.07. The average molecular weight is 333 g/mol. The Bertz CT molecular complexity index is 759. The summed E-state index contributed by atoms with van der Waals surface area (Å²) in [5, 5.41) is 2.17. The molecule has 1 aromatic heterocycles. The van der Waals surface area contributed by atoms with Gasteiger partial charge in [-0.15, -0.1) is 0 Å². The molecule has 1 heterocycles. The molecule has 6 nitrogen and oxygen atoms in total. The fourth-order valence-electron chi connectivity index (χ4n) is 2.91. The number of fused-ring (bicyclic) bond motifs is 1. The number of carbonyl (C=O) groups excluding carboxylic acids is 2. The Hall–Kier alpha value is -2.37. The monoisotopic (exact) mass is 333 g/mol. The number of rotatable bonds is 6. The summed E-state index contributed by atoms with van der Waals surface area (Å²) in [6.07, 6.45) is 2.38. The van der Waals surface area contributed by atoms with Gasteiger partial charge in [0.15, 0.2) is 0 Å². The number of hydrogen-bond donors (Lipinski definition) is 1. The highest BCUT2D eigenvalue weighted by Gasteiger charge is 2.25. The van der Waals surface area contributed by atoms with Crippen molar-refractivity contribution in [1.82, 2.24) is 14.5 Å². The molecule has 24 heavy (non-hydrogen) atoms. The minimum Gasteiger partial charge on any atom is -0.297 e. The third kappa shape index (κ3) is 3.58. The maximum atomic E-state index is 12.6. The number of carbonyl (C=O) groups is 2. The Kier molecular flexibility index (Phi) is 7.42. The Morgan fingerprint density at radius 2 is 1.96 bits per heavy atom. The van der Waals surface area contributed by atoms with Crippen LogP contribution in [0.1, 0.15) is 52.1 Å². The fraction of sp³-hybridized carbons (Fsp3) is 0.500. The summed E-state index contributed by atoms with van der Waals surface area (Å²) >= 11 is 0. The van der Waals surface area contributed by atoms with Gasteiger partial charge in [0, 0.05) is 7.05 Å². The summed E-state index contributed by atoms with van der Waals surface area (Å²) in [5.74, 6) is -0.451. The molecule has 2 aromatic rings. The lowest BCUT2D eigenvalue weighted by atomic mass is 10.1. The maximum Gasteiger partial charge on any atom is 0.329 e. The van der Waals surface area contributed by atoms with Crippen molar-refractivity contribution in [3.63, 3.8) is 0 Å². The van der Waals surface area contributed by atoms with E-state index in [0.717, 1.165) is 29.4 Å². The molecule has 2 rings (SSSR count). The molecule has 1 N–H and O–H groups in total. The molecule has 0 saturated carbocycles. The number of imidazole rings is 1. The van der Waals surface area contributed by atoms with E-state index < -0.39 is 11.9 Å². The van der Waals surface area contributed by atoms with Crippen molar-refractivity contribution in [1.29, 1.82) is 0 Å². The molecule has 0 radical (unpaired) electrons. The standard InChI is InChI=1S/C16H21N3O3.C2H6/c1-4-7-13(15(21)17-10-20)19-12-9-6-8-11(5-2)14(12)18(3)16(19)22;1-2/h6,8-10,13H,4-5,7H2,1-3H3,(H,17,20,21);1-2H3. The van der Waals surface area contributed by atoms with Gasteiger partial charge >= 0.3 is 5.69 Å². The van der Waals surface area contributed by atoms with Crippen molar-refractivity contribution in [2.24, 2.45) is 7.05 Å². The Morgan fingerprint density at radius 1 is 1.29 bits per heavy atom. The number of imide groups is 1. The SMILES string of the molecule is CC.CCCC(C(=O)NC=O)n1c(=O)n(C)c2c(CC)cccc21. The topological polar surface area (TPSA) is 73.1 Å². The third-order valence-electron chi connectivity index (χ3n) is 3.94. The van der Waals surface area contributed by atoms with Gasteiger partial charge in [-0.05, 0) is 24.5 Å².